The van der Waals surface area contributed by atoms with Gasteiger partial charge in [-0.15, -0.1) is 0 Å². The van der Waals surface area contributed by atoms with Gasteiger partial charge in [0, 0.05) is 28.4 Å². The van der Waals surface area contributed by atoms with E-state index in [4.69, 9.17) is 4.98 Å². The Balaban J connectivity index is 1.74. The van der Waals surface area contributed by atoms with Crippen LogP contribution < -0.4 is 5.32 Å². The Labute approximate surface area is 164 Å². The van der Waals surface area contributed by atoms with Gasteiger partial charge in [-0.1, -0.05) is 36.4 Å². The van der Waals surface area contributed by atoms with Gasteiger partial charge in [-0.3, -0.25) is 4.79 Å². The van der Waals surface area contributed by atoms with Crippen LogP contribution in [0.15, 0.2) is 66.9 Å². The van der Waals surface area contributed by atoms with Gasteiger partial charge in [-0.2, -0.15) is 0 Å². The molecule has 0 aliphatic rings. The second-order valence-corrected chi connectivity index (χ2v) is 7.20. The summed E-state index contributed by atoms with van der Waals surface area (Å²) < 4.78 is 0. The Bertz CT molecular complexity index is 1160. The minimum absolute atomic E-state index is 0.0643. The van der Waals surface area contributed by atoms with Gasteiger partial charge in [0.1, 0.15) is 0 Å². The number of aryl methyl sites for hydroxylation is 2. The van der Waals surface area contributed by atoms with Crippen molar-refractivity contribution in [2.75, 3.05) is 0 Å². The van der Waals surface area contributed by atoms with Gasteiger partial charge in [0.2, 0.25) is 0 Å². The van der Waals surface area contributed by atoms with Gasteiger partial charge in [-0.25, -0.2) is 4.98 Å². The van der Waals surface area contributed by atoms with Crippen molar-refractivity contribution in [1.82, 2.24) is 15.3 Å². The number of aromatic nitrogens is 2. The lowest BCUT2D eigenvalue weighted by Gasteiger charge is -2.18. The fourth-order valence-electron chi connectivity index (χ4n) is 3.54. The number of H-pyrrole nitrogens is 1. The summed E-state index contributed by atoms with van der Waals surface area (Å²) in [5, 5.41) is 4.21. The van der Waals surface area contributed by atoms with Crippen LogP contribution in [0.1, 0.15) is 40.1 Å². The summed E-state index contributed by atoms with van der Waals surface area (Å²) in [6.45, 7) is 5.99. The highest BCUT2D eigenvalue weighted by atomic mass is 16.1. The highest BCUT2D eigenvalue weighted by Crippen LogP contribution is 2.29. The van der Waals surface area contributed by atoms with Gasteiger partial charge in [0.15, 0.2) is 0 Å². The molecule has 4 aromatic rings. The first kappa shape index (κ1) is 18.0. The standard InChI is InChI=1S/C24H23N3O/c1-15-8-4-5-9-19(15)24(28)26-17(3)21-13-23(18-12-16(2)25-14-18)27-22-11-7-6-10-20(21)22/h4-14,17,25H,1-3H3,(H,26,28). The van der Waals surface area contributed by atoms with Crippen LogP contribution in [-0.2, 0) is 0 Å². The molecule has 0 aliphatic heterocycles. The number of pyridine rings is 1. The van der Waals surface area contributed by atoms with Gasteiger partial charge in [-0.05, 0) is 56.2 Å². The van der Waals surface area contributed by atoms with E-state index in [-0.39, 0.29) is 11.9 Å². The third-order valence-electron chi connectivity index (χ3n) is 5.08. The number of fused-ring (bicyclic) bond motifs is 1. The molecule has 0 aliphatic carbocycles. The molecule has 0 saturated heterocycles. The largest absolute Gasteiger partial charge is 0.365 e. The van der Waals surface area contributed by atoms with E-state index in [1.165, 1.54) is 0 Å². The van der Waals surface area contributed by atoms with Crippen LogP contribution >= 0.6 is 0 Å². The van der Waals surface area contributed by atoms with Crippen molar-refractivity contribution in [3.63, 3.8) is 0 Å². The minimum Gasteiger partial charge on any atom is -0.365 e. The van der Waals surface area contributed by atoms with E-state index >= 15 is 0 Å². The van der Waals surface area contributed by atoms with Gasteiger partial charge in [0.25, 0.3) is 5.91 Å². The first-order chi connectivity index (χ1) is 13.5. The number of hydrogen-bond acceptors (Lipinski definition) is 2. The zero-order valence-corrected chi connectivity index (χ0v) is 16.3. The average Bonchev–Trinajstić information content (AvgIpc) is 3.13. The van der Waals surface area contributed by atoms with Crippen LogP contribution in [-0.4, -0.2) is 15.9 Å². The molecule has 1 unspecified atom stereocenters. The number of hydrogen-bond donors (Lipinski definition) is 2. The van der Waals surface area contributed by atoms with Crippen LogP contribution in [0.2, 0.25) is 0 Å². The molecule has 0 bridgehead atoms. The van der Waals surface area contributed by atoms with Crippen LogP contribution in [0.5, 0.6) is 0 Å². The fraction of sp³-hybridized carbons (Fsp3) is 0.167. The third-order valence-corrected chi connectivity index (χ3v) is 5.08. The number of nitrogens with one attached hydrogen (secondary N) is 2. The fourth-order valence-corrected chi connectivity index (χ4v) is 3.54. The number of rotatable bonds is 4. The van der Waals surface area contributed by atoms with E-state index < -0.39 is 0 Å². The molecule has 2 N–H and O–H groups in total. The number of carbonyl (C=O) groups excluding carboxylic acids is 1. The number of aromatic amines is 1. The molecule has 0 fully saturated rings. The Morgan fingerprint density at radius 2 is 1.79 bits per heavy atom. The maximum atomic E-state index is 12.8. The smallest absolute Gasteiger partial charge is 0.252 e. The first-order valence-corrected chi connectivity index (χ1v) is 9.44. The first-order valence-electron chi connectivity index (χ1n) is 9.44. The van der Waals surface area contributed by atoms with Crippen molar-refractivity contribution in [3.05, 3.63) is 89.2 Å². The van der Waals surface area contributed by atoms with E-state index in [1.807, 2.05) is 69.4 Å². The topological polar surface area (TPSA) is 57.8 Å². The molecule has 2 aromatic heterocycles. The van der Waals surface area contributed by atoms with Crippen molar-refractivity contribution in [2.24, 2.45) is 0 Å². The maximum Gasteiger partial charge on any atom is 0.252 e. The summed E-state index contributed by atoms with van der Waals surface area (Å²) in [6, 6.07) is 19.7. The van der Waals surface area contributed by atoms with Crippen molar-refractivity contribution in [3.8, 4) is 11.3 Å². The van der Waals surface area contributed by atoms with Crippen LogP contribution in [0.25, 0.3) is 22.2 Å². The van der Waals surface area contributed by atoms with Crippen LogP contribution in [0.4, 0.5) is 0 Å². The molecule has 4 heteroatoms. The summed E-state index contributed by atoms with van der Waals surface area (Å²) in [5.41, 5.74) is 6.68. The summed E-state index contributed by atoms with van der Waals surface area (Å²) in [7, 11) is 0. The van der Waals surface area contributed by atoms with E-state index in [9.17, 15) is 4.79 Å². The monoisotopic (exact) mass is 369 g/mol. The molecule has 140 valence electrons. The zero-order valence-electron chi connectivity index (χ0n) is 16.3. The number of para-hydroxylation sites is 1. The Kier molecular flexibility index (Phi) is 4.70. The normalized spacial score (nSPS) is 12.1. The van der Waals surface area contributed by atoms with Gasteiger partial charge >= 0.3 is 0 Å². The van der Waals surface area contributed by atoms with Crippen molar-refractivity contribution >= 4 is 16.8 Å². The predicted molar refractivity (Wildman–Crippen MR) is 113 cm³/mol. The van der Waals surface area contributed by atoms with Crippen LogP contribution in [0.3, 0.4) is 0 Å². The molecule has 2 heterocycles. The molecule has 4 nitrogen and oxygen atoms in total. The minimum atomic E-state index is -0.154. The van der Waals surface area contributed by atoms with Crippen LogP contribution in [0, 0.1) is 13.8 Å². The van der Waals surface area contributed by atoms with Crippen molar-refractivity contribution in [2.45, 2.75) is 26.8 Å². The average molecular weight is 369 g/mol. The van der Waals surface area contributed by atoms with Gasteiger partial charge < -0.3 is 10.3 Å². The van der Waals surface area contributed by atoms with E-state index in [1.54, 1.807) is 0 Å². The summed E-state index contributed by atoms with van der Waals surface area (Å²) in [6.07, 6.45) is 1.97. The van der Waals surface area contributed by atoms with Crippen molar-refractivity contribution in [1.29, 1.82) is 0 Å². The number of amides is 1. The molecule has 1 atom stereocenters. The Morgan fingerprint density at radius 3 is 2.54 bits per heavy atom. The maximum absolute atomic E-state index is 12.8. The lowest BCUT2D eigenvalue weighted by Crippen LogP contribution is -2.27. The third kappa shape index (κ3) is 3.41. The molecule has 1 amide bonds. The van der Waals surface area contributed by atoms with Gasteiger partial charge in [0.05, 0.1) is 17.3 Å². The molecule has 0 radical (unpaired) electrons. The molecular weight excluding hydrogens is 346 g/mol. The molecular formula is C24H23N3O. The molecule has 0 spiro atoms. The lowest BCUT2D eigenvalue weighted by molar-refractivity contribution is 0.0939. The lowest BCUT2D eigenvalue weighted by atomic mass is 9.99. The molecule has 2 aromatic carbocycles. The molecule has 28 heavy (non-hydrogen) atoms. The number of benzene rings is 2. The second-order valence-electron chi connectivity index (χ2n) is 7.20. The molecule has 0 saturated carbocycles. The SMILES string of the molecule is Cc1cc(-c2cc(C(C)NC(=O)c3ccccc3C)c3ccccc3n2)c[nH]1. The van der Waals surface area contributed by atoms with Crippen molar-refractivity contribution < 1.29 is 4.79 Å². The molecule has 4 rings (SSSR count). The van der Waals surface area contributed by atoms with E-state index in [2.05, 4.69) is 28.5 Å². The zero-order chi connectivity index (χ0) is 19.7. The van der Waals surface area contributed by atoms with E-state index in [0.717, 1.165) is 39.0 Å². The summed E-state index contributed by atoms with van der Waals surface area (Å²) in [4.78, 5) is 20.8. The summed E-state index contributed by atoms with van der Waals surface area (Å²) in [5.74, 6) is -0.0643. The summed E-state index contributed by atoms with van der Waals surface area (Å²) >= 11 is 0. The highest BCUT2D eigenvalue weighted by Gasteiger charge is 2.17. The predicted octanol–water partition coefficient (Wildman–Crippen LogP) is 5.34. The quantitative estimate of drug-likeness (QED) is 0.510. The number of carbonyl (C=O) groups is 1. The Morgan fingerprint density at radius 1 is 1.04 bits per heavy atom. The number of nitrogens with zero attached hydrogens (tertiary/aromatic N) is 1. The van der Waals surface area contributed by atoms with E-state index in [0.29, 0.717) is 5.56 Å². The Hall–Kier alpha value is -3.40. The highest BCUT2D eigenvalue weighted by molar-refractivity contribution is 5.96. The second kappa shape index (κ2) is 7.31.